The summed E-state index contributed by atoms with van der Waals surface area (Å²) in [6.45, 7) is 4.35. The van der Waals surface area contributed by atoms with E-state index in [2.05, 4.69) is 51.8 Å². The summed E-state index contributed by atoms with van der Waals surface area (Å²) in [7, 11) is 0. The summed E-state index contributed by atoms with van der Waals surface area (Å²) in [5, 5.41) is 1.03. The van der Waals surface area contributed by atoms with Gasteiger partial charge in [0.25, 0.3) is 0 Å². The van der Waals surface area contributed by atoms with Crippen LogP contribution >= 0.6 is 55.1 Å². The Morgan fingerprint density at radius 1 is 1.50 bits per heavy atom. The van der Waals surface area contributed by atoms with Crippen LogP contribution in [0, 0.1) is 5.41 Å². The SMILES string of the molecule is CC1(C)[C@@H](Cl)C[C@H](Cl)/C(=C\CBr)[C@@H]1Br. The quantitative estimate of drug-likeness (QED) is 0.466. The number of hydrogen-bond donors (Lipinski definition) is 0. The van der Waals surface area contributed by atoms with Crippen molar-refractivity contribution in [2.24, 2.45) is 5.41 Å². The van der Waals surface area contributed by atoms with Gasteiger partial charge in [0.05, 0.1) is 5.38 Å². The second-order valence-electron chi connectivity index (χ2n) is 4.21. The number of halogens is 4. The fourth-order valence-electron chi connectivity index (χ4n) is 1.69. The van der Waals surface area contributed by atoms with E-state index in [9.17, 15) is 0 Å². The summed E-state index contributed by atoms with van der Waals surface area (Å²) in [4.78, 5) is 0.270. The zero-order valence-corrected chi connectivity index (χ0v) is 12.9. The molecule has 1 rings (SSSR count). The molecular formula is C10H14Br2Cl2. The van der Waals surface area contributed by atoms with Gasteiger partial charge in [-0.3, -0.25) is 0 Å². The van der Waals surface area contributed by atoms with E-state index in [4.69, 9.17) is 23.2 Å². The molecule has 0 spiro atoms. The summed E-state index contributed by atoms with van der Waals surface area (Å²) >= 11 is 19.7. The summed E-state index contributed by atoms with van der Waals surface area (Å²) in [5.74, 6) is 0. The van der Waals surface area contributed by atoms with E-state index < -0.39 is 0 Å². The molecule has 0 N–H and O–H groups in total. The van der Waals surface area contributed by atoms with Crippen molar-refractivity contribution >= 4 is 55.1 Å². The lowest BCUT2D eigenvalue weighted by Gasteiger charge is -2.43. The summed E-state index contributed by atoms with van der Waals surface area (Å²) < 4.78 is 0. The minimum atomic E-state index is 0.0565. The Labute approximate surface area is 113 Å². The highest BCUT2D eigenvalue weighted by atomic mass is 79.9. The first-order valence-electron chi connectivity index (χ1n) is 4.59. The molecular weight excluding hydrogens is 351 g/mol. The van der Waals surface area contributed by atoms with Gasteiger partial charge in [-0.05, 0) is 17.4 Å². The fraction of sp³-hybridized carbons (Fsp3) is 0.800. The van der Waals surface area contributed by atoms with Gasteiger partial charge in [-0.2, -0.15) is 0 Å². The third-order valence-corrected chi connectivity index (χ3v) is 6.04. The number of allylic oxidation sites excluding steroid dienone is 2. The lowest BCUT2D eigenvalue weighted by atomic mass is 9.74. The molecule has 1 aliphatic carbocycles. The van der Waals surface area contributed by atoms with Gasteiger partial charge in [-0.25, -0.2) is 0 Å². The van der Waals surface area contributed by atoms with Crippen molar-refractivity contribution in [3.8, 4) is 0 Å². The van der Waals surface area contributed by atoms with Crippen LogP contribution in [0.15, 0.2) is 11.6 Å². The van der Waals surface area contributed by atoms with Gasteiger partial charge in [-0.1, -0.05) is 51.8 Å². The topological polar surface area (TPSA) is 0 Å². The normalized spacial score (nSPS) is 40.1. The molecule has 3 atom stereocenters. The van der Waals surface area contributed by atoms with Crippen molar-refractivity contribution in [1.29, 1.82) is 0 Å². The monoisotopic (exact) mass is 362 g/mol. The molecule has 0 aromatic heterocycles. The molecule has 0 aromatic rings. The molecule has 1 aliphatic rings. The zero-order valence-electron chi connectivity index (χ0n) is 8.24. The van der Waals surface area contributed by atoms with E-state index in [1.807, 2.05) is 0 Å². The van der Waals surface area contributed by atoms with E-state index in [0.29, 0.717) is 0 Å². The van der Waals surface area contributed by atoms with Crippen molar-refractivity contribution in [3.63, 3.8) is 0 Å². The Hall–Kier alpha value is 1.28. The molecule has 0 aromatic carbocycles. The molecule has 0 aliphatic heterocycles. The van der Waals surface area contributed by atoms with Crippen LogP contribution < -0.4 is 0 Å². The largest absolute Gasteiger partial charge is 0.122 e. The minimum absolute atomic E-state index is 0.0565. The first kappa shape index (κ1) is 13.3. The second-order valence-corrected chi connectivity index (χ2v) is 6.83. The van der Waals surface area contributed by atoms with Crippen molar-refractivity contribution < 1.29 is 0 Å². The fourth-order valence-corrected chi connectivity index (χ4v) is 3.98. The first-order valence-corrected chi connectivity index (χ1v) is 7.50. The molecule has 1 saturated carbocycles. The Bertz CT molecular complexity index is 238. The zero-order chi connectivity index (χ0) is 10.9. The van der Waals surface area contributed by atoms with Crippen LogP contribution in [0.3, 0.4) is 0 Å². The number of hydrogen-bond acceptors (Lipinski definition) is 0. The molecule has 1 fully saturated rings. The highest BCUT2D eigenvalue weighted by Gasteiger charge is 2.44. The molecule has 0 nitrogen and oxygen atoms in total. The van der Waals surface area contributed by atoms with Gasteiger partial charge >= 0.3 is 0 Å². The average molecular weight is 365 g/mol. The van der Waals surface area contributed by atoms with Crippen LogP contribution in [0.1, 0.15) is 20.3 Å². The Morgan fingerprint density at radius 3 is 2.57 bits per heavy atom. The van der Waals surface area contributed by atoms with E-state index in [1.54, 1.807) is 0 Å². The molecule has 0 heterocycles. The molecule has 14 heavy (non-hydrogen) atoms. The van der Waals surface area contributed by atoms with E-state index in [1.165, 1.54) is 5.57 Å². The number of alkyl halides is 4. The van der Waals surface area contributed by atoms with E-state index in [0.717, 1.165) is 11.8 Å². The lowest BCUT2D eigenvalue weighted by Crippen LogP contribution is -2.43. The van der Waals surface area contributed by atoms with Gasteiger partial charge in [0, 0.05) is 15.5 Å². The van der Waals surface area contributed by atoms with Gasteiger partial charge < -0.3 is 0 Å². The second kappa shape index (κ2) is 5.07. The molecule has 82 valence electrons. The predicted molar refractivity (Wildman–Crippen MR) is 72.3 cm³/mol. The van der Waals surface area contributed by atoms with E-state index >= 15 is 0 Å². The van der Waals surface area contributed by atoms with Crippen LogP contribution in [0.25, 0.3) is 0 Å². The van der Waals surface area contributed by atoms with Crippen molar-refractivity contribution in [3.05, 3.63) is 11.6 Å². The van der Waals surface area contributed by atoms with Crippen molar-refractivity contribution in [2.45, 2.75) is 35.8 Å². The first-order chi connectivity index (χ1) is 6.41. The maximum absolute atomic E-state index is 6.31. The van der Waals surface area contributed by atoms with Crippen LogP contribution in [-0.4, -0.2) is 20.9 Å². The highest BCUT2D eigenvalue weighted by molar-refractivity contribution is 9.09. The van der Waals surface area contributed by atoms with E-state index in [-0.39, 0.29) is 21.0 Å². The van der Waals surface area contributed by atoms with Gasteiger partial charge in [0.15, 0.2) is 0 Å². The lowest BCUT2D eigenvalue weighted by molar-refractivity contribution is 0.313. The molecule has 4 heteroatoms. The summed E-state index contributed by atoms with van der Waals surface area (Å²) in [6, 6.07) is 0. The third kappa shape index (κ3) is 2.50. The molecule has 0 radical (unpaired) electrons. The maximum Gasteiger partial charge on any atom is 0.0570 e. The van der Waals surface area contributed by atoms with Gasteiger partial charge in [0.1, 0.15) is 0 Å². The smallest absolute Gasteiger partial charge is 0.0570 e. The maximum atomic E-state index is 6.31. The summed E-state index contributed by atoms with van der Waals surface area (Å²) in [5.41, 5.74) is 1.31. The van der Waals surface area contributed by atoms with Crippen LogP contribution in [0.4, 0.5) is 0 Å². The van der Waals surface area contributed by atoms with Crippen LogP contribution in [0.2, 0.25) is 0 Å². The molecule has 0 saturated heterocycles. The summed E-state index contributed by atoms with van der Waals surface area (Å²) in [6.07, 6.45) is 2.98. The van der Waals surface area contributed by atoms with Crippen LogP contribution in [-0.2, 0) is 0 Å². The third-order valence-electron chi connectivity index (χ3n) is 2.84. The molecule has 0 amide bonds. The van der Waals surface area contributed by atoms with Gasteiger partial charge in [0.2, 0.25) is 0 Å². The van der Waals surface area contributed by atoms with Crippen LogP contribution in [0.5, 0.6) is 0 Å². The Balaban J connectivity index is 2.95. The molecule has 0 unspecified atom stereocenters. The number of rotatable bonds is 1. The Kier molecular flexibility index (Phi) is 4.84. The minimum Gasteiger partial charge on any atom is -0.122 e. The standard InChI is InChI=1S/C10H14Br2Cl2/c1-10(2)8(14)5-7(13)6(3-4-11)9(10)12/h3,7-9H,4-5H2,1-2H3/b6-3+/t7-,8-,9-/m0/s1. The van der Waals surface area contributed by atoms with Gasteiger partial charge in [-0.15, -0.1) is 23.2 Å². The Morgan fingerprint density at radius 2 is 2.07 bits per heavy atom. The average Bonchev–Trinajstić information content (AvgIpc) is 2.10. The molecule has 0 bridgehead atoms. The van der Waals surface area contributed by atoms with Crippen molar-refractivity contribution in [1.82, 2.24) is 0 Å². The highest BCUT2D eigenvalue weighted by Crippen LogP contribution is 2.47. The predicted octanol–water partition coefficient (Wildman–Crippen LogP) is 4.72. The van der Waals surface area contributed by atoms with Crippen molar-refractivity contribution in [2.75, 3.05) is 5.33 Å².